The van der Waals surface area contributed by atoms with E-state index >= 15 is 0 Å². The molecule has 3 N–H and O–H groups in total. The van der Waals surface area contributed by atoms with Gasteiger partial charge in [-0.2, -0.15) is 0 Å². The van der Waals surface area contributed by atoms with Crippen LogP contribution in [0.25, 0.3) is 17.3 Å². The van der Waals surface area contributed by atoms with Gasteiger partial charge < -0.3 is 25.4 Å². The van der Waals surface area contributed by atoms with Gasteiger partial charge in [0.05, 0.1) is 25.2 Å². The van der Waals surface area contributed by atoms with Crippen LogP contribution in [0.3, 0.4) is 0 Å². The quantitative estimate of drug-likeness (QED) is 0.0916. The van der Waals surface area contributed by atoms with Gasteiger partial charge in [0.2, 0.25) is 5.91 Å². The molecular weight excluding hydrogens is 645 g/mol. The molecule has 5 rings (SSSR count). The monoisotopic (exact) mass is 678 g/mol. The van der Waals surface area contributed by atoms with E-state index in [0.717, 1.165) is 16.2 Å². The Labute approximate surface area is 287 Å². The number of carbonyl (C=O) groups excluding carboxylic acids is 3. The molecule has 4 aromatic carbocycles. The number of carbonyl (C=O) groups is 3. The lowest BCUT2D eigenvalue weighted by atomic mass is 10.1. The third kappa shape index (κ3) is 8.90. The second-order valence-corrected chi connectivity index (χ2v) is 12.9. The van der Waals surface area contributed by atoms with Crippen molar-refractivity contribution in [3.63, 3.8) is 0 Å². The second kappa shape index (κ2) is 15.9. The number of aromatic nitrogens is 1. The molecule has 1 aromatic heterocycles. The lowest BCUT2D eigenvalue weighted by Gasteiger charge is -2.14. The number of hydrogen-bond donors (Lipinski definition) is 3. The first kappa shape index (κ1) is 34.0. The standard InChI is InChI=1S/C37H34N4O5S2/c1-23-10-12-25(13-11-23)32-22-47-37(40-32)41-34(42)24(2)48-30-17-14-28(15-18-30)38-36(44)31(39-35(43)26-8-6-5-7-9-26)21-27-20-29(45-3)16-19-33(27)46-4/h5-22,24H,1-4H3,(H,38,44)(H,39,43)(H,40,41,42)/b31-21-. The molecule has 11 heteroatoms. The number of thiazole rings is 1. The van der Waals surface area contributed by atoms with Gasteiger partial charge in [-0.3, -0.25) is 14.4 Å². The Bertz CT molecular complexity index is 1920. The average molecular weight is 679 g/mol. The minimum absolute atomic E-state index is 0.00636. The highest BCUT2D eigenvalue weighted by atomic mass is 32.2. The molecule has 1 heterocycles. The molecular formula is C37H34N4O5S2. The van der Waals surface area contributed by atoms with Crippen molar-refractivity contribution in [3.05, 3.63) is 125 Å². The number of rotatable bonds is 12. The zero-order valence-electron chi connectivity index (χ0n) is 26.8. The average Bonchev–Trinajstić information content (AvgIpc) is 3.57. The lowest BCUT2D eigenvalue weighted by molar-refractivity contribution is -0.115. The third-order valence-corrected chi connectivity index (χ3v) is 9.01. The highest BCUT2D eigenvalue weighted by molar-refractivity contribution is 8.00. The van der Waals surface area contributed by atoms with Crippen LogP contribution >= 0.6 is 23.1 Å². The maximum absolute atomic E-state index is 13.5. The van der Waals surface area contributed by atoms with Crippen molar-refractivity contribution in [2.24, 2.45) is 0 Å². The molecule has 0 spiro atoms. The van der Waals surface area contributed by atoms with Gasteiger partial charge in [-0.1, -0.05) is 48.0 Å². The van der Waals surface area contributed by atoms with Crippen molar-refractivity contribution in [1.29, 1.82) is 0 Å². The fraction of sp³-hybridized carbons (Fsp3) is 0.135. The lowest BCUT2D eigenvalue weighted by Crippen LogP contribution is -2.30. The third-order valence-electron chi connectivity index (χ3n) is 7.14. The Morgan fingerprint density at radius 2 is 1.60 bits per heavy atom. The van der Waals surface area contributed by atoms with Crippen LogP contribution in [0.1, 0.15) is 28.4 Å². The summed E-state index contributed by atoms with van der Waals surface area (Å²) in [5.41, 5.74) is 4.43. The summed E-state index contributed by atoms with van der Waals surface area (Å²) in [5, 5.41) is 10.5. The summed E-state index contributed by atoms with van der Waals surface area (Å²) in [6, 6.07) is 29.0. The number of nitrogens with zero attached hydrogens (tertiary/aromatic N) is 1. The Hall–Kier alpha value is -5.39. The zero-order chi connectivity index (χ0) is 34.0. The van der Waals surface area contributed by atoms with Gasteiger partial charge in [0.1, 0.15) is 17.2 Å². The number of anilines is 2. The van der Waals surface area contributed by atoms with Crippen molar-refractivity contribution in [2.45, 2.75) is 24.0 Å². The van der Waals surface area contributed by atoms with E-state index in [1.165, 1.54) is 41.8 Å². The zero-order valence-corrected chi connectivity index (χ0v) is 28.4. The molecule has 1 atom stereocenters. The number of nitrogens with one attached hydrogen (secondary N) is 3. The predicted molar refractivity (Wildman–Crippen MR) is 193 cm³/mol. The van der Waals surface area contributed by atoms with Gasteiger partial charge in [0.15, 0.2) is 5.13 Å². The second-order valence-electron chi connectivity index (χ2n) is 10.6. The van der Waals surface area contributed by atoms with Crippen molar-refractivity contribution < 1.29 is 23.9 Å². The Morgan fingerprint density at radius 3 is 2.29 bits per heavy atom. The van der Waals surface area contributed by atoms with Gasteiger partial charge >= 0.3 is 0 Å². The topological polar surface area (TPSA) is 119 Å². The normalized spacial score (nSPS) is 11.7. The summed E-state index contributed by atoms with van der Waals surface area (Å²) in [7, 11) is 3.06. The van der Waals surface area contributed by atoms with E-state index in [1.54, 1.807) is 67.8 Å². The van der Waals surface area contributed by atoms with Crippen LogP contribution < -0.4 is 25.4 Å². The number of ether oxygens (including phenoxy) is 2. The van der Waals surface area contributed by atoms with Crippen LogP contribution in [-0.4, -0.2) is 42.2 Å². The summed E-state index contributed by atoms with van der Waals surface area (Å²) in [6.07, 6.45) is 1.54. The number of hydrogen-bond acceptors (Lipinski definition) is 8. The van der Waals surface area contributed by atoms with Crippen molar-refractivity contribution in [2.75, 3.05) is 24.9 Å². The van der Waals surface area contributed by atoms with Crippen LogP contribution in [0.15, 0.2) is 113 Å². The van der Waals surface area contributed by atoms with Crippen LogP contribution in [-0.2, 0) is 9.59 Å². The van der Waals surface area contributed by atoms with E-state index in [9.17, 15) is 14.4 Å². The highest BCUT2D eigenvalue weighted by Gasteiger charge is 2.19. The van der Waals surface area contributed by atoms with Gasteiger partial charge in [0, 0.05) is 32.7 Å². The van der Waals surface area contributed by atoms with E-state index in [-0.39, 0.29) is 11.6 Å². The predicted octanol–water partition coefficient (Wildman–Crippen LogP) is 7.66. The number of amides is 3. The van der Waals surface area contributed by atoms with Gasteiger partial charge in [-0.05, 0) is 74.5 Å². The molecule has 3 amide bonds. The largest absolute Gasteiger partial charge is 0.497 e. The number of benzene rings is 4. The van der Waals surface area contributed by atoms with Crippen LogP contribution in [0.4, 0.5) is 10.8 Å². The summed E-state index contributed by atoms with van der Waals surface area (Å²) < 4.78 is 10.8. The number of methoxy groups -OCH3 is 2. The summed E-state index contributed by atoms with van der Waals surface area (Å²) in [4.78, 5) is 44.9. The summed E-state index contributed by atoms with van der Waals surface area (Å²) in [6.45, 7) is 3.85. The van der Waals surface area contributed by atoms with E-state index in [1.807, 2.05) is 55.6 Å². The maximum atomic E-state index is 13.5. The first-order chi connectivity index (χ1) is 23.2. The molecule has 0 saturated heterocycles. The maximum Gasteiger partial charge on any atom is 0.272 e. The van der Waals surface area contributed by atoms with Crippen molar-refractivity contribution >= 4 is 57.7 Å². The minimum Gasteiger partial charge on any atom is -0.497 e. The molecule has 244 valence electrons. The molecule has 0 aliphatic heterocycles. The van der Waals surface area contributed by atoms with Crippen molar-refractivity contribution in [3.8, 4) is 22.8 Å². The summed E-state index contributed by atoms with van der Waals surface area (Å²) in [5.74, 6) is -0.0890. The number of thioether (sulfide) groups is 1. The molecule has 0 radical (unpaired) electrons. The minimum atomic E-state index is -0.536. The first-order valence-corrected chi connectivity index (χ1v) is 16.7. The molecule has 0 fully saturated rings. The molecule has 0 aliphatic rings. The fourth-order valence-corrected chi connectivity index (χ4v) is 6.11. The molecule has 9 nitrogen and oxygen atoms in total. The van der Waals surface area contributed by atoms with E-state index in [4.69, 9.17) is 9.47 Å². The fourth-order valence-electron chi connectivity index (χ4n) is 4.52. The molecule has 0 aliphatic carbocycles. The van der Waals surface area contributed by atoms with Gasteiger partial charge in [-0.25, -0.2) is 4.98 Å². The smallest absolute Gasteiger partial charge is 0.272 e. The van der Waals surface area contributed by atoms with E-state index < -0.39 is 17.1 Å². The molecule has 5 aromatic rings. The highest BCUT2D eigenvalue weighted by Crippen LogP contribution is 2.29. The van der Waals surface area contributed by atoms with Crippen molar-refractivity contribution in [1.82, 2.24) is 10.3 Å². The molecule has 0 saturated carbocycles. The Kier molecular flexibility index (Phi) is 11.3. The molecule has 48 heavy (non-hydrogen) atoms. The Balaban J connectivity index is 1.25. The summed E-state index contributed by atoms with van der Waals surface area (Å²) >= 11 is 2.76. The van der Waals surface area contributed by atoms with Gasteiger partial charge in [0.25, 0.3) is 11.8 Å². The molecule has 1 unspecified atom stereocenters. The Morgan fingerprint density at radius 1 is 0.875 bits per heavy atom. The van der Waals surface area contributed by atoms with E-state index in [0.29, 0.717) is 33.4 Å². The van der Waals surface area contributed by atoms with Crippen LogP contribution in [0.2, 0.25) is 0 Å². The SMILES string of the molecule is COc1ccc(OC)c(/C=C(\NC(=O)c2ccccc2)C(=O)Nc2ccc(SC(C)C(=O)Nc3nc(-c4ccc(C)cc4)cs3)cc2)c1. The van der Waals surface area contributed by atoms with Crippen LogP contribution in [0, 0.1) is 6.92 Å². The number of aryl methyl sites for hydroxylation is 1. The first-order valence-electron chi connectivity index (χ1n) is 14.9. The molecule has 0 bridgehead atoms. The van der Waals surface area contributed by atoms with Crippen LogP contribution in [0.5, 0.6) is 11.5 Å². The van der Waals surface area contributed by atoms with Gasteiger partial charge in [-0.15, -0.1) is 23.1 Å². The van der Waals surface area contributed by atoms with E-state index in [2.05, 4.69) is 20.9 Å².